The Morgan fingerprint density at radius 2 is 1.67 bits per heavy atom. The third kappa shape index (κ3) is 1.26. The second-order valence-corrected chi connectivity index (χ2v) is 3.16. The summed E-state index contributed by atoms with van der Waals surface area (Å²) < 4.78 is 5.09. The Morgan fingerprint density at radius 3 is 1.89 bits per heavy atom. The van der Waals surface area contributed by atoms with Crippen LogP contribution >= 0.6 is 0 Å². The molecular weight excluding hydrogens is 112 g/mol. The van der Waals surface area contributed by atoms with Gasteiger partial charge in [0.15, 0.2) is 0 Å². The number of rotatable bonds is 1. The zero-order valence-electron chi connectivity index (χ0n) is 6.26. The van der Waals surface area contributed by atoms with Crippen LogP contribution in [-0.4, -0.2) is 6.10 Å². The van der Waals surface area contributed by atoms with Gasteiger partial charge in [0.25, 0.3) is 0 Å². The van der Waals surface area contributed by atoms with E-state index in [1.165, 1.54) is 12.8 Å². The maximum absolute atomic E-state index is 5.09. The summed E-state index contributed by atoms with van der Waals surface area (Å²) in [7, 11) is 3.47. The summed E-state index contributed by atoms with van der Waals surface area (Å²) in [5.74, 6) is 1.44. The summed E-state index contributed by atoms with van der Waals surface area (Å²) in [4.78, 5) is 0. The Morgan fingerprint density at radius 1 is 1.22 bits per heavy atom. The van der Waals surface area contributed by atoms with Crippen LogP contribution in [-0.2, 0) is 4.74 Å². The SMILES string of the molecule is [CH2]OC1C(C)CCC1C. The van der Waals surface area contributed by atoms with Gasteiger partial charge in [-0.25, -0.2) is 0 Å². The standard InChI is InChI=1S/C8H15O/c1-6-4-5-7(2)8(6)9-3/h6-8H,3-5H2,1-2H3. The highest BCUT2D eigenvalue weighted by atomic mass is 16.5. The first-order chi connectivity index (χ1) is 4.25. The van der Waals surface area contributed by atoms with Crippen molar-refractivity contribution < 1.29 is 4.74 Å². The fourth-order valence-electron chi connectivity index (χ4n) is 1.74. The number of ether oxygens (including phenoxy) is 1. The van der Waals surface area contributed by atoms with Crippen molar-refractivity contribution in [2.45, 2.75) is 32.8 Å². The van der Waals surface area contributed by atoms with Crippen LogP contribution in [0.25, 0.3) is 0 Å². The molecule has 53 valence electrons. The van der Waals surface area contributed by atoms with Gasteiger partial charge in [0.2, 0.25) is 0 Å². The third-order valence-corrected chi connectivity index (χ3v) is 2.39. The minimum atomic E-state index is 0.421. The largest absolute Gasteiger partial charge is 0.375 e. The van der Waals surface area contributed by atoms with Crippen molar-refractivity contribution in [2.24, 2.45) is 11.8 Å². The number of hydrogen-bond acceptors (Lipinski definition) is 1. The van der Waals surface area contributed by atoms with Crippen LogP contribution in [0.5, 0.6) is 0 Å². The third-order valence-electron chi connectivity index (χ3n) is 2.39. The van der Waals surface area contributed by atoms with E-state index < -0.39 is 0 Å². The summed E-state index contributed by atoms with van der Waals surface area (Å²) in [6.07, 6.45) is 3.04. The van der Waals surface area contributed by atoms with Gasteiger partial charge >= 0.3 is 0 Å². The lowest BCUT2D eigenvalue weighted by Crippen LogP contribution is -2.18. The van der Waals surface area contributed by atoms with E-state index in [0.717, 1.165) is 11.8 Å². The van der Waals surface area contributed by atoms with E-state index in [1.807, 2.05) is 0 Å². The topological polar surface area (TPSA) is 9.23 Å². The Bertz CT molecular complexity index is 80.6. The van der Waals surface area contributed by atoms with Gasteiger partial charge in [0.1, 0.15) is 0 Å². The van der Waals surface area contributed by atoms with Gasteiger partial charge in [-0.05, 0) is 24.7 Å². The fraction of sp³-hybridized carbons (Fsp3) is 0.875. The molecule has 1 nitrogen and oxygen atoms in total. The van der Waals surface area contributed by atoms with Crippen molar-refractivity contribution in [2.75, 3.05) is 0 Å². The van der Waals surface area contributed by atoms with E-state index in [2.05, 4.69) is 21.0 Å². The Balaban J connectivity index is 2.44. The van der Waals surface area contributed by atoms with E-state index in [-0.39, 0.29) is 0 Å². The van der Waals surface area contributed by atoms with Crippen LogP contribution in [0.4, 0.5) is 0 Å². The zero-order chi connectivity index (χ0) is 6.85. The molecular formula is C8H15O. The van der Waals surface area contributed by atoms with Crippen molar-refractivity contribution in [3.63, 3.8) is 0 Å². The summed E-state index contributed by atoms with van der Waals surface area (Å²) in [5, 5.41) is 0. The molecule has 0 spiro atoms. The molecule has 0 aromatic heterocycles. The first-order valence-electron chi connectivity index (χ1n) is 3.66. The van der Waals surface area contributed by atoms with E-state index >= 15 is 0 Å². The quantitative estimate of drug-likeness (QED) is 0.525. The Kier molecular flexibility index (Phi) is 2.12. The maximum atomic E-state index is 5.09. The lowest BCUT2D eigenvalue weighted by Gasteiger charge is -2.16. The molecule has 1 heteroatoms. The van der Waals surface area contributed by atoms with Crippen LogP contribution in [0.1, 0.15) is 26.7 Å². The van der Waals surface area contributed by atoms with Crippen LogP contribution in [0, 0.1) is 18.9 Å². The lowest BCUT2D eigenvalue weighted by atomic mass is 10.0. The normalized spacial score (nSPS) is 43.7. The first kappa shape index (κ1) is 7.07. The van der Waals surface area contributed by atoms with Gasteiger partial charge < -0.3 is 4.74 Å². The summed E-state index contributed by atoms with van der Waals surface area (Å²) in [5.41, 5.74) is 0. The molecule has 0 aromatic rings. The van der Waals surface area contributed by atoms with Gasteiger partial charge in [-0.1, -0.05) is 13.8 Å². The minimum absolute atomic E-state index is 0.421. The van der Waals surface area contributed by atoms with Crippen molar-refractivity contribution >= 4 is 0 Å². The second-order valence-electron chi connectivity index (χ2n) is 3.16. The van der Waals surface area contributed by atoms with Gasteiger partial charge in [-0.2, -0.15) is 0 Å². The first-order valence-corrected chi connectivity index (χ1v) is 3.66. The Labute approximate surface area is 57.4 Å². The molecule has 0 aliphatic heterocycles. The van der Waals surface area contributed by atoms with Crippen molar-refractivity contribution in [3.8, 4) is 0 Å². The van der Waals surface area contributed by atoms with Gasteiger partial charge in [0.05, 0.1) is 13.2 Å². The molecule has 1 aliphatic rings. The molecule has 9 heavy (non-hydrogen) atoms. The summed E-state index contributed by atoms with van der Waals surface area (Å²) in [6, 6.07) is 0. The molecule has 0 bridgehead atoms. The molecule has 1 radical (unpaired) electrons. The number of hydrogen-bond donors (Lipinski definition) is 0. The minimum Gasteiger partial charge on any atom is -0.375 e. The molecule has 0 amide bonds. The van der Waals surface area contributed by atoms with E-state index in [9.17, 15) is 0 Å². The molecule has 1 fully saturated rings. The summed E-state index contributed by atoms with van der Waals surface area (Å²) >= 11 is 0. The maximum Gasteiger partial charge on any atom is 0.0704 e. The highest BCUT2D eigenvalue weighted by molar-refractivity contribution is 4.80. The van der Waals surface area contributed by atoms with Crippen LogP contribution in [0.15, 0.2) is 0 Å². The van der Waals surface area contributed by atoms with Crippen molar-refractivity contribution in [1.29, 1.82) is 0 Å². The average Bonchev–Trinajstić information content (AvgIpc) is 2.12. The molecule has 2 unspecified atom stereocenters. The highest BCUT2D eigenvalue weighted by Gasteiger charge is 2.29. The van der Waals surface area contributed by atoms with Crippen LogP contribution in [0.2, 0.25) is 0 Å². The van der Waals surface area contributed by atoms with Crippen LogP contribution in [0.3, 0.4) is 0 Å². The van der Waals surface area contributed by atoms with Crippen LogP contribution < -0.4 is 0 Å². The highest BCUT2D eigenvalue weighted by Crippen LogP contribution is 2.32. The zero-order valence-corrected chi connectivity index (χ0v) is 6.26. The monoisotopic (exact) mass is 127 g/mol. The predicted molar refractivity (Wildman–Crippen MR) is 37.8 cm³/mol. The Hall–Kier alpha value is -0.0400. The average molecular weight is 127 g/mol. The van der Waals surface area contributed by atoms with E-state index in [1.54, 1.807) is 0 Å². The predicted octanol–water partition coefficient (Wildman–Crippen LogP) is 2.23. The van der Waals surface area contributed by atoms with Gasteiger partial charge in [-0.3, -0.25) is 0 Å². The molecule has 1 rings (SSSR count). The summed E-state index contributed by atoms with van der Waals surface area (Å²) in [6.45, 7) is 4.47. The molecule has 2 atom stereocenters. The molecule has 1 saturated carbocycles. The van der Waals surface area contributed by atoms with Gasteiger partial charge in [0, 0.05) is 0 Å². The van der Waals surface area contributed by atoms with E-state index in [4.69, 9.17) is 4.74 Å². The molecule has 1 aliphatic carbocycles. The fourth-order valence-corrected chi connectivity index (χ4v) is 1.74. The molecule has 0 aromatic carbocycles. The van der Waals surface area contributed by atoms with Crippen molar-refractivity contribution in [1.82, 2.24) is 0 Å². The van der Waals surface area contributed by atoms with Gasteiger partial charge in [-0.15, -0.1) is 0 Å². The van der Waals surface area contributed by atoms with Crippen molar-refractivity contribution in [3.05, 3.63) is 7.11 Å². The van der Waals surface area contributed by atoms with E-state index in [0.29, 0.717) is 6.10 Å². The smallest absolute Gasteiger partial charge is 0.0704 e. The lowest BCUT2D eigenvalue weighted by molar-refractivity contribution is 0.0775. The molecule has 0 saturated heterocycles. The molecule has 0 heterocycles. The molecule has 0 N–H and O–H groups in total. The second kappa shape index (κ2) is 2.70.